The maximum atomic E-state index is 5.28. The third kappa shape index (κ3) is 4.10. The van der Waals surface area contributed by atoms with Crippen molar-refractivity contribution in [2.75, 3.05) is 13.7 Å². The molecule has 4 nitrogen and oxygen atoms in total. The molecular formula is C16H23N3O. The van der Waals surface area contributed by atoms with E-state index in [-0.39, 0.29) is 0 Å². The van der Waals surface area contributed by atoms with Gasteiger partial charge in [0.25, 0.3) is 0 Å². The van der Waals surface area contributed by atoms with Gasteiger partial charge in [0.1, 0.15) is 5.75 Å². The second-order valence-electron chi connectivity index (χ2n) is 5.00. The van der Waals surface area contributed by atoms with Crippen molar-refractivity contribution in [1.29, 1.82) is 0 Å². The lowest BCUT2D eigenvalue weighted by Gasteiger charge is -2.17. The maximum Gasteiger partial charge on any atom is 0.119 e. The number of rotatable bonds is 7. The maximum absolute atomic E-state index is 5.28. The zero-order chi connectivity index (χ0) is 14.4. The van der Waals surface area contributed by atoms with Crippen LogP contribution in [0.3, 0.4) is 0 Å². The zero-order valence-corrected chi connectivity index (χ0v) is 12.5. The Hall–Kier alpha value is -1.81. The van der Waals surface area contributed by atoms with Crippen LogP contribution in [-0.4, -0.2) is 29.5 Å². The molecule has 0 aliphatic carbocycles. The molecule has 0 fully saturated rings. The topological polar surface area (TPSA) is 39.1 Å². The Morgan fingerprint density at radius 1 is 1.30 bits per heavy atom. The molecule has 1 atom stereocenters. The van der Waals surface area contributed by atoms with Crippen LogP contribution < -0.4 is 10.1 Å². The third-order valence-electron chi connectivity index (χ3n) is 3.33. The molecule has 4 heteroatoms. The van der Waals surface area contributed by atoms with Gasteiger partial charge in [-0.2, -0.15) is 5.10 Å². The predicted octanol–water partition coefficient (Wildman–Crippen LogP) is 2.19. The van der Waals surface area contributed by atoms with E-state index < -0.39 is 0 Å². The average molecular weight is 273 g/mol. The van der Waals surface area contributed by atoms with Gasteiger partial charge in [0, 0.05) is 25.7 Å². The second kappa shape index (κ2) is 7.10. The Labute approximate surface area is 120 Å². The zero-order valence-electron chi connectivity index (χ0n) is 12.5. The van der Waals surface area contributed by atoms with Crippen LogP contribution in [0.25, 0.3) is 0 Å². The monoisotopic (exact) mass is 273 g/mol. The molecule has 0 saturated heterocycles. The van der Waals surface area contributed by atoms with Crippen molar-refractivity contribution in [2.45, 2.75) is 25.8 Å². The van der Waals surface area contributed by atoms with Crippen molar-refractivity contribution in [3.05, 3.63) is 47.8 Å². The minimum absolute atomic E-state index is 0.391. The van der Waals surface area contributed by atoms with Gasteiger partial charge in [0.15, 0.2) is 0 Å². The van der Waals surface area contributed by atoms with E-state index >= 15 is 0 Å². The largest absolute Gasteiger partial charge is 0.497 e. The smallest absolute Gasteiger partial charge is 0.119 e. The molecule has 0 radical (unpaired) electrons. The van der Waals surface area contributed by atoms with Crippen molar-refractivity contribution in [1.82, 2.24) is 15.1 Å². The van der Waals surface area contributed by atoms with Crippen molar-refractivity contribution in [3.63, 3.8) is 0 Å². The number of methoxy groups -OCH3 is 1. The molecule has 1 aromatic heterocycles. The first-order valence-corrected chi connectivity index (χ1v) is 7.06. The van der Waals surface area contributed by atoms with E-state index in [1.54, 1.807) is 7.11 Å². The van der Waals surface area contributed by atoms with Gasteiger partial charge >= 0.3 is 0 Å². The fourth-order valence-electron chi connectivity index (χ4n) is 2.41. The minimum Gasteiger partial charge on any atom is -0.497 e. The SMILES string of the molecule is CCNC(Cc1cccc(OC)c1)Cc1ccn(C)n1. The average Bonchev–Trinajstić information content (AvgIpc) is 2.84. The number of likely N-dealkylation sites (N-methyl/N-ethyl adjacent to an activating group) is 1. The summed E-state index contributed by atoms with van der Waals surface area (Å²) in [6, 6.07) is 10.7. The molecule has 0 amide bonds. The number of hydrogen-bond acceptors (Lipinski definition) is 3. The van der Waals surface area contributed by atoms with Crippen molar-refractivity contribution in [2.24, 2.45) is 7.05 Å². The van der Waals surface area contributed by atoms with Crippen LogP contribution in [0.4, 0.5) is 0 Å². The Morgan fingerprint density at radius 3 is 2.80 bits per heavy atom. The summed E-state index contributed by atoms with van der Waals surface area (Å²) in [6.07, 6.45) is 3.90. The van der Waals surface area contributed by atoms with Crippen molar-refractivity contribution < 1.29 is 4.74 Å². The molecule has 1 N–H and O–H groups in total. The van der Waals surface area contributed by atoms with Crippen LogP contribution >= 0.6 is 0 Å². The fourth-order valence-corrected chi connectivity index (χ4v) is 2.41. The molecule has 0 spiro atoms. The highest BCUT2D eigenvalue weighted by atomic mass is 16.5. The van der Waals surface area contributed by atoms with Crippen LogP contribution in [-0.2, 0) is 19.9 Å². The lowest BCUT2D eigenvalue weighted by Crippen LogP contribution is -2.33. The third-order valence-corrected chi connectivity index (χ3v) is 3.33. The quantitative estimate of drug-likeness (QED) is 0.840. The van der Waals surface area contributed by atoms with E-state index in [2.05, 4.69) is 35.5 Å². The predicted molar refractivity (Wildman–Crippen MR) is 81.1 cm³/mol. The number of aromatic nitrogens is 2. The molecule has 1 unspecified atom stereocenters. The molecule has 0 bridgehead atoms. The number of ether oxygens (including phenoxy) is 1. The Kier molecular flexibility index (Phi) is 5.18. The first-order chi connectivity index (χ1) is 9.71. The molecule has 2 rings (SSSR count). The minimum atomic E-state index is 0.391. The van der Waals surface area contributed by atoms with Crippen LogP contribution in [0.15, 0.2) is 36.5 Å². The summed E-state index contributed by atoms with van der Waals surface area (Å²) in [7, 11) is 3.66. The van der Waals surface area contributed by atoms with Crippen LogP contribution in [0.5, 0.6) is 5.75 Å². The van der Waals surface area contributed by atoms with E-state index in [9.17, 15) is 0 Å². The second-order valence-corrected chi connectivity index (χ2v) is 5.00. The highest BCUT2D eigenvalue weighted by molar-refractivity contribution is 5.29. The van der Waals surface area contributed by atoms with Crippen molar-refractivity contribution >= 4 is 0 Å². The number of benzene rings is 1. The molecular weight excluding hydrogens is 250 g/mol. The van der Waals surface area contributed by atoms with E-state index in [0.717, 1.165) is 30.8 Å². The summed E-state index contributed by atoms with van der Waals surface area (Å²) in [6.45, 7) is 3.10. The summed E-state index contributed by atoms with van der Waals surface area (Å²) in [5.74, 6) is 0.913. The highest BCUT2D eigenvalue weighted by Gasteiger charge is 2.11. The van der Waals surface area contributed by atoms with E-state index in [1.165, 1.54) is 5.56 Å². The van der Waals surface area contributed by atoms with Gasteiger partial charge in [-0.05, 0) is 36.7 Å². The summed E-state index contributed by atoms with van der Waals surface area (Å²) < 4.78 is 7.13. The van der Waals surface area contributed by atoms with Gasteiger partial charge in [-0.25, -0.2) is 0 Å². The molecule has 0 saturated carbocycles. The fraction of sp³-hybridized carbons (Fsp3) is 0.438. The van der Waals surface area contributed by atoms with Crippen LogP contribution in [0, 0.1) is 0 Å². The van der Waals surface area contributed by atoms with Gasteiger partial charge < -0.3 is 10.1 Å². The summed E-state index contributed by atoms with van der Waals surface area (Å²) >= 11 is 0. The Morgan fingerprint density at radius 2 is 2.15 bits per heavy atom. The van der Waals surface area contributed by atoms with Crippen LogP contribution in [0.2, 0.25) is 0 Å². The van der Waals surface area contributed by atoms with Gasteiger partial charge in [-0.1, -0.05) is 19.1 Å². The number of aryl methyl sites for hydroxylation is 1. The van der Waals surface area contributed by atoms with E-state index in [4.69, 9.17) is 4.74 Å². The molecule has 0 aliphatic rings. The van der Waals surface area contributed by atoms with Crippen molar-refractivity contribution in [3.8, 4) is 5.75 Å². The molecule has 1 aromatic carbocycles. The highest BCUT2D eigenvalue weighted by Crippen LogP contribution is 2.15. The van der Waals surface area contributed by atoms with Gasteiger partial charge in [-0.3, -0.25) is 4.68 Å². The number of hydrogen-bond donors (Lipinski definition) is 1. The molecule has 1 heterocycles. The Balaban J connectivity index is 2.04. The van der Waals surface area contributed by atoms with Gasteiger partial charge in [-0.15, -0.1) is 0 Å². The lowest BCUT2D eigenvalue weighted by molar-refractivity contribution is 0.413. The standard InChI is InChI=1S/C16H23N3O/c1-4-17-15(12-14-8-9-19(2)18-14)10-13-6-5-7-16(11-13)20-3/h5-9,11,15,17H,4,10,12H2,1-3H3. The molecule has 108 valence electrons. The molecule has 20 heavy (non-hydrogen) atoms. The lowest BCUT2D eigenvalue weighted by atomic mass is 10.0. The first-order valence-electron chi connectivity index (χ1n) is 7.06. The summed E-state index contributed by atoms with van der Waals surface area (Å²) in [5, 5.41) is 8.00. The van der Waals surface area contributed by atoms with Gasteiger partial charge in [0.05, 0.1) is 12.8 Å². The van der Waals surface area contributed by atoms with E-state index in [1.807, 2.05) is 30.1 Å². The summed E-state index contributed by atoms with van der Waals surface area (Å²) in [4.78, 5) is 0. The van der Waals surface area contributed by atoms with E-state index in [0.29, 0.717) is 6.04 Å². The van der Waals surface area contributed by atoms with Crippen LogP contribution in [0.1, 0.15) is 18.2 Å². The van der Waals surface area contributed by atoms with Gasteiger partial charge in [0.2, 0.25) is 0 Å². The molecule has 2 aromatic rings. The molecule has 0 aliphatic heterocycles. The summed E-state index contributed by atoms with van der Waals surface area (Å²) in [5.41, 5.74) is 2.41. The number of nitrogens with zero attached hydrogens (tertiary/aromatic N) is 2. The normalized spacial score (nSPS) is 12.3. The Bertz CT molecular complexity index is 536. The first kappa shape index (κ1) is 14.6. The number of nitrogens with one attached hydrogen (secondary N) is 1.